The predicted octanol–water partition coefficient (Wildman–Crippen LogP) is 22.1. The number of thiophene rings is 1. The van der Waals surface area contributed by atoms with Gasteiger partial charge in [0.25, 0.3) is 0 Å². The van der Waals surface area contributed by atoms with Crippen LogP contribution in [0.1, 0.15) is 29.2 Å². The third kappa shape index (κ3) is 7.48. The van der Waals surface area contributed by atoms with Gasteiger partial charge in [-0.1, -0.05) is 219 Å². The Labute approximate surface area is 486 Å². The number of anilines is 2. The first-order valence-corrected chi connectivity index (χ1v) is 29.4. The van der Waals surface area contributed by atoms with Gasteiger partial charge in [0.05, 0.1) is 22.1 Å². The minimum atomic E-state index is -0.501. The van der Waals surface area contributed by atoms with Crippen LogP contribution in [0, 0.1) is 0 Å². The summed E-state index contributed by atoms with van der Waals surface area (Å²) in [6.07, 6.45) is 8.26. The molecule has 83 heavy (non-hydrogen) atoms. The van der Waals surface area contributed by atoms with E-state index in [1.54, 1.807) is 0 Å². The highest BCUT2D eigenvalue weighted by molar-refractivity contribution is 7.26. The molecule has 0 bridgehead atoms. The van der Waals surface area contributed by atoms with Gasteiger partial charge in [0.1, 0.15) is 0 Å². The van der Waals surface area contributed by atoms with Crippen molar-refractivity contribution in [2.45, 2.75) is 12.3 Å². The molecule has 2 nitrogen and oxygen atoms in total. The summed E-state index contributed by atoms with van der Waals surface area (Å²) < 4.78 is 5.03. The van der Waals surface area contributed by atoms with Gasteiger partial charge in [-0.25, -0.2) is 0 Å². The number of rotatable bonds is 10. The highest BCUT2D eigenvalue weighted by Crippen LogP contribution is 2.57. The van der Waals surface area contributed by atoms with Gasteiger partial charge in [-0.3, -0.25) is 0 Å². The maximum Gasteiger partial charge on any atom is 0.0713 e. The van der Waals surface area contributed by atoms with E-state index in [-0.39, 0.29) is 0 Å². The number of aromatic nitrogens is 1. The molecular formula is C80H54N2S. The third-order valence-corrected chi connectivity index (χ3v) is 18.6. The molecule has 3 heteroatoms. The normalized spacial score (nSPS) is 13.0. The van der Waals surface area contributed by atoms with Crippen LogP contribution in [0.25, 0.3) is 113 Å². The van der Waals surface area contributed by atoms with Crippen LogP contribution in [-0.4, -0.2) is 4.57 Å². The molecule has 0 spiro atoms. The maximum atomic E-state index is 4.15. The molecule has 16 rings (SSSR count). The molecule has 13 aromatic carbocycles. The van der Waals surface area contributed by atoms with Crippen LogP contribution < -0.4 is 4.90 Å². The van der Waals surface area contributed by atoms with Gasteiger partial charge in [-0.2, -0.15) is 0 Å². The topological polar surface area (TPSA) is 8.17 Å². The lowest BCUT2D eigenvalue weighted by Crippen LogP contribution is -2.28. The van der Waals surface area contributed by atoms with E-state index in [0.29, 0.717) is 0 Å². The summed E-state index contributed by atoms with van der Waals surface area (Å²) in [6.45, 7) is 6.22. The van der Waals surface area contributed by atoms with E-state index < -0.39 is 5.41 Å². The standard InChI is InChI=1S/C80H54N2S/c1-3-20-58(21-4-2)81(76-33-19-35-78-79(76)68-31-16-18-34-77(68)83-78)59-41-36-52(37-42-59)53-39-46-74-70(48-53)71-49-54(40-47-75(71)82(74)60-43-45-65-63-28-12-11-26-61(63)62-27-13-14-29-64(62)69(65)51-60)55-38-44-67-66-30-15-17-32-72(66)80(73(67)50-55,56-22-7-5-8-23-56)57-24-9-6-10-25-57/h3-51H,1H2,2H3/b21-4-,58-20+. The van der Waals surface area contributed by atoms with Crippen molar-refractivity contribution in [2.24, 2.45) is 0 Å². The lowest BCUT2D eigenvalue weighted by Gasteiger charge is -2.34. The van der Waals surface area contributed by atoms with Crippen LogP contribution in [0.15, 0.2) is 310 Å². The molecule has 1 aliphatic carbocycles. The van der Waals surface area contributed by atoms with Crippen molar-refractivity contribution < 1.29 is 0 Å². The molecule has 0 atom stereocenters. The van der Waals surface area contributed by atoms with Crippen LogP contribution >= 0.6 is 11.3 Å². The predicted molar refractivity (Wildman–Crippen MR) is 356 cm³/mol. The van der Waals surface area contributed by atoms with E-state index in [4.69, 9.17) is 0 Å². The Hall–Kier alpha value is -10.3. The Balaban J connectivity index is 0.890. The minimum absolute atomic E-state index is 0.501. The zero-order chi connectivity index (χ0) is 55.2. The zero-order valence-electron chi connectivity index (χ0n) is 45.8. The van der Waals surface area contributed by atoms with Gasteiger partial charge < -0.3 is 9.47 Å². The Morgan fingerprint density at radius 1 is 0.422 bits per heavy atom. The monoisotopic (exact) mass is 1070 g/mol. The van der Waals surface area contributed by atoms with E-state index in [1.165, 1.54) is 108 Å². The van der Waals surface area contributed by atoms with Crippen molar-refractivity contribution >= 4 is 97.0 Å². The summed E-state index contributed by atoms with van der Waals surface area (Å²) in [5, 5.41) is 12.5. The van der Waals surface area contributed by atoms with E-state index in [9.17, 15) is 0 Å². The van der Waals surface area contributed by atoms with Gasteiger partial charge in [0, 0.05) is 48.0 Å². The second kappa shape index (κ2) is 19.5. The summed E-state index contributed by atoms with van der Waals surface area (Å²) in [5.74, 6) is 0. The van der Waals surface area contributed by atoms with E-state index >= 15 is 0 Å². The fraction of sp³-hybridized carbons (Fsp3) is 0.0250. The molecule has 0 saturated heterocycles. The number of hydrogen-bond donors (Lipinski definition) is 0. The Kier molecular flexibility index (Phi) is 11.4. The van der Waals surface area contributed by atoms with Gasteiger partial charge in [-0.15, -0.1) is 11.3 Å². The van der Waals surface area contributed by atoms with E-state index in [1.807, 2.05) is 17.4 Å². The van der Waals surface area contributed by atoms with Crippen molar-refractivity contribution in [1.82, 2.24) is 4.57 Å². The first-order valence-electron chi connectivity index (χ1n) is 28.6. The largest absolute Gasteiger partial charge is 0.310 e. The molecule has 2 heterocycles. The fourth-order valence-electron chi connectivity index (χ4n) is 14.0. The second-order valence-electron chi connectivity index (χ2n) is 21.9. The smallest absolute Gasteiger partial charge is 0.0713 e. The number of nitrogens with zero attached hydrogens (tertiary/aromatic N) is 2. The molecule has 0 amide bonds. The zero-order valence-corrected chi connectivity index (χ0v) is 46.6. The second-order valence-corrected chi connectivity index (χ2v) is 23.0. The molecule has 0 fully saturated rings. The molecular weight excluding hydrogens is 1020 g/mol. The third-order valence-electron chi connectivity index (χ3n) is 17.5. The lowest BCUT2D eigenvalue weighted by molar-refractivity contribution is 0.769. The fourth-order valence-corrected chi connectivity index (χ4v) is 15.1. The number of allylic oxidation sites excluding steroid dienone is 4. The van der Waals surface area contributed by atoms with Crippen molar-refractivity contribution in [3.63, 3.8) is 0 Å². The number of benzene rings is 13. The number of fused-ring (bicyclic) bond motifs is 15. The van der Waals surface area contributed by atoms with E-state index in [0.717, 1.165) is 44.9 Å². The summed E-state index contributed by atoms with van der Waals surface area (Å²) >= 11 is 1.84. The van der Waals surface area contributed by atoms with E-state index in [2.05, 4.69) is 314 Å². The Bertz CT molecular complexity index is 5100. The summed E-state index contributed by atoms with van der Waals surface area (Å²) in [7, 11) is 0. The molecule has 0 unspecified atom stereocenters. The molecule has 0 aliphatic heterocycles. The molecule has 15 aromatic rings. The molecule has 1 aliphatic rings. The molecule has 2 aromatic heterocycles. The average molecular weight is 1080 g/mol. The van der Waals surface area contributed by atoms with Crippen molar-refractivity contribution in [1.29, 1.82) is 0 Å². The van der Waals surface area contributed by atoms with Gasteiger partial charge in [0.15, 0.2) is 0 Å². The summed E-state index contributed by atoms with van der Waals surface area (Å²) in [4.78, 5) is 2.38. The lowest BCUT2D eigenvalue weighted by atomic mass is 9.67. The summed E-state index contributed by atoms with van der Waals surface area (Å²) in [5.41, 5.74) is 18.6. The van der Waals surface area contributed by atoms with Gasteiger partial charge >= 0.3 is 0 Å². The highest BCUT2D eigenvalue weighted by Gasteiger charge is 2.46. The summed E-state index contributed by atoms with van der Waals surface area (Å²) in [6, 6.07) is 102. The van der Waals surface area contributed by atoms with Crippen LogP contribution in [0.3, 0.4) is 0 Å². The van der Waals surface area contributed by atoms with Gasteiger partial charge in [-0.05, 0) is 180 Å². The van der Waals surface area contributed by atoms with Crippen molar-refractivity contribution in [3.05, 3.63) is 332 Å². The number of hydrogen-bond acceptors (Lipinski definition) is 2. The molecule has 390 valence electrons. The Morgan fingerprint density at radius 2 is 0.952 bits per heavy atom. The van der Waals surface area contributed by atoms with Crippen LogP contribution in [0.2, 0.25) is 0 Å². The first-order chi connectivity index (χ1) is 41.1. The van der Waals surface area contributed by atoms with Crippen LogP contribution in [0.5, 0.6) is 0 Å². The van der Waals surface area contributed by atoms with Crippen LogP contribution in [-0.2, 0) is 5.41 Å². The SMILES string of the molecule is C=C/C=C(\C=C/C)N(c1ccc(-c2ccc3c(c2)c2cc(-c4ccc5c(c4)C(c4ccccc4)(c4ccccc4)c4ccccc4-5)ccc2n3-c2ccc3c4ccccc4c4ccccc4c3c2)cc1)c1cccc2sc3ccccc3c12. The highest BCUT2D eigenvalue weighted by atomic mass is 32.1. The Morgan fingerprint density at radius 3 is 1.61 bits per heavy atom. The average Bonchev–Trinajstić information content (AvgIpc) is 3.65. The first kappa shape index (κ1) is 48.6. The maximum absolute atomic E-state index is 4.15. The van der Waals surface area contributed by atoms with Crippen molar-refractivity contribution in [3.8, 4) is 39.1 Å². The molecule has 0 saturated carbocycles. The van der Waals surface area contributed by atoms with Crippen molar-refractivity contribution in [2.75, 3.05) is 4.90 Å². The quantitative estimate of drug-likeness (QED) is 0.0979. The minimum Gasteiger partial charge on any atom is -0.310 e. The molecule has 0 radical (unpaired) electrons. The molecule has 0 N–H and O–H groups in total. The van der Waals surface area contributed by atoms with Gasteiger partial charge in [0.2, 0.25) is 0 Å². The van der Waals surface area contributed by atoms with Crippen LogP contribution in [0.4, 0.5) is 11.4 Å².